The Labute approximate surface area is 113 Å². The van der Waals surface area contributed by atoms with Gasteiger partial charge in [0.15, 0.2) is 0 Å². The van der Waals surface area contributed by atoms with Crippen molar-refractivity contribution in [2.45, 2.75) is 32.7 Å². The van der Waals surface area contributed by atoms with E-state index in [0.29, 0.717) is 6.54 Å². The lowest BCUT2D eigenvalue weighted by Crippen LogP contribution is -2.29. The first-order valence-corrected chi connectivity index (χ1v) is 6.98. The van der Waals surface area contributed by atoms with Crippen LogP contribution in [0.1, 0.15) is 26.2 Å². The molecule has 1 N–H and O–H groups in total. The monoisotopic (exact) mass is 259 g/mol. The van der Waals surface area contributed by atoms with Gasteiger partial charge in [-0.1, -0.05) is 38.0 Å². The molecular weight excluding hydrogens is 238 g/mol. The van der Waals surface area contributed by atoms with E-state index >= 15 is 0 Å². The summed E-state index contributed by atoms with van der Waals surface area (Å²) >= 11 is 0. The summed E-state index contributed by atoms with van der Waals surface area (Å²) < 4.78 is 1.54. The summed E-state index contributed by atoms with van der Waals surface area (Å²) in [7, 11) is 0. The highest BCUT2D eigenvalue weighted by Crippen LogP contribution is 2.05. The molecule has 0 unspecified atom stereocenters. The van der Waals surface area contributed by atoms with Gasteiger partial charge in [-0.2, -0.15) is 5.10 Å². The van der Waals surface area contributed by atoms with Gasteiger partial charge in [-0.3, -0.25) is 4.79 Å². The van der Waals surface area contributed by atoms with Gasteiger partial charge in [0.2, 0.25) is 0 Å². The molecule has 0 aliphatic carbocycles. The van der Waals surface area contributed by atoms with Crippen LogP contribution in [0.15, 0.2) is 35.3 Å². The van der Waals surface area contributed by atoms with E-state index in [2.05, 4.69) is 17.3 Å². The number of fused-ring (bicyclic) bond motifs is 1. The number of hydrogen-bond donors (Lipinski definition) is 1. The van der Waals surface area contributed by atoms with Crippen molar-refractivity contribution in [3.05, 3.63) is 40.8 Å². The first-order valence-electron chi connectivity index (χ1n) is 6.98. The maximum Gasteiger partial charge on any atom is 0.274 e. The minimum atomic E-state index is -0.00606. The van der Waals surface area contributed by atoms with Crippen LogP contribution in [0, 0.1) is 0 Å². The van der Waals surface area contributed by atoms with E-state index in [4.69, 9.17) is 0 Å². The third-order valence-corrected chi connectivity index (χ3v) is 3.22. The zero-order chi connectivity index (χ0) is 13.5. The summed E-state index contributed by atoms with van der Waals surface area (Å²) in [6.07, 6.45) is 5.43. The summed E-state index contributed by atoms with van der Waals surface area (Å²) in [5.41, 5.74) is -0.00606. The maximum atomic E-state index is 12.2. The Morgan fingerprint density at radius 2 is 2.05 bits per heavy atom. The molecule has 0 spiro atoms. The van der Waals surface area contributed by atoms with E-state index in [9.17, 15) is 4.79 Å². The molecular formula is C15H21N3O. The molecule has 19 heavy (non-hydrogen) atoms. The largest absolute Gasteiger partial charge is 0.315 e. The van der Waals surface area contributed by atoms with Crippen molar-refractivity contribution in [3.63, 3.8) is 0 Å². The Balaban J connectivity index is 1.94. The van der Waals surface area contributed by atoms with E-state index in [1.807, 2.05) is 24.3 Å². The summed E-state index contributed by atoms with van der Waals surface area (Å²) in [5, 5.41) is 9.19. The molecule has 0 aliphatic heterocycles. The number of aromatic nitrogens is 2. The summed E-state index contributed by atoms with van der Waals surface area (Å²) in [5.74, 6) is 0. The molecule has 0 saturated heterocycles. The first-order chi connectivity index (χ1) is 9.33. The Morgan fingerprint density at radius 3 is 2.89 bits per heavy atom. The van der Waals surface area contributed by atoms with Crippen LogP contribution >= 0.6 is 0 Å². The van der Waals surface area contributed by atoms with Gasteiger partial charge in [-0.05, 0) is 19.0 Å². The van der Waals surface area contributed by atoms with Crippen LogP contribution in [0.25, 0.3) is 10.8 Å². The lowest BCUT2D eigenvalue weighted by Gasteiger charge is -2.07. The van der Waals surface area contributed by atoms with E-state index in [-0.39, 0.29) is 5.56 Å². The number of hydrogen-bond acceptors (Lipinski definition) is 3. The SMILES string of the molecule is CCCCCNCCn1ncc2ccccc2c1=O. The molecule has 2 rings (SSSR count). The highest BCUT2D eigenvalue weighted by atomic mass is 16.1. The maximum absolute atomic E-state index is 12.2. The van der Waals surface area contributed by atoms with Gasteiger partial charge in [-0.25, -0.2) is 4.68 Å². The molecule has 2 aromatic rings. The number of benzene rings is 1. The third-order valence-electron chi connectivity index (χ3n) is 3.22. The van der Waals surface area contributed by atoms with Crippen molar-refractivity contribution < 1.29 is 0 Å². The Morgan fingerprint density at radius 1 is 1.21 bits per heavy atom. The topological polar surface area (TPSA) is 46.9 Å². The molecule has 0 amide bonds. The molecule has 1 aromatic heterocycles. The lowest BCUT2D eigenvalue weighted by molar-refractivity contribution is 0.524. The molecule has 102 valence electrons. The van der Waals surface area contributed by atoms with Crippen molar-refractivity contribution in [1.82, 2.24) is 15.1 Å². The predicted octanol–water partition coefficient (Wildman–Crippen LogP) is 2.18. The minimum Gasteiger partial charge on any atom is -0.315 e. The third kappa shape index (κ3) is 3.64. The second-order valence-corrected chi connectivity index (χ2v) is 4.72. The van der Waals surface area contributed by atoms with Gasteiger partial charge < -0.3 is 5.32 Å². The molecule has 0 saturated carbocycles. The van der Waals surface area contributed by atoms with Crippen LogP contribution in [0.3, 0.4) is 0 Å². The van der Waals surface area contributed by atoms with Gasteiger partial charge in [0.25, 0.3) is 5.56 Å². The van der Waals surface area contributed by atoms with Gasteiger partial charge in [0.05, 0.1) is 18.1 Å². The van der Waals surface area contributed by atoms with Gasteiger partial charge >= 0.3 is 0 Å². The molecule has 0 fully saturated rings. The zero-order valence-corrected chi connectivity index (χ0v) is 11.4. The van der Waals surface area contributed by atoms with Crippen LogP contribution in [0.5, 0.6) is 0 Å². The van der Waals surface area contributed by atoms with Gasteiger partial charge in [-0.15, -0.1) is 0 Å². The highest BCUT2D eigenvalue weighted by Gasteiger charge is 2.02. The minimum absolute atomic E-state index is 0.00606. The van der Waals surface area contributed by atoms with Crippen molar-refractivity contribution >= 4 is 10.8 Å². The van der Waals surface area contributed by atoms with Crippen LogP contribution in [0.4, 0.5) is 0 Å². The Bertz CT molecular complexity index is 577. The molecule has 4 nitrogen and oxygen atoms in total. The Kier molecular flexibility index (Phi) is 5.10. The van der Waals surface area contributed by atoms with E-state index in [0.717, 1.165) is 23.9 Å². The van der Waals surface area contributed by atoms with Crippen molar-refractivity contribution in [1.29, 1.82) is 0 Å². The van der Waals surface area contributed by atoms with Crippen LogP contribution in [-0.2, 0) is 6.54 Å². The smallest absolute Gasteiger partial charge is 0.274 e. The normalized spacial score (nSPS) is 11.0. The summed E-state index contributed by atoms with van der Waals surface area (Å²) in [4.78, 5) is 12.2. The molecule has 1 aromatic carbocycles. The van der Waals surface area contributed by atoms with Gasteiger partial charge in [0, 0.05) is 11.9 Å². The number of nitrogens with zero attached hydrogens (tertiary/aromatic N) is 2. The van der Waals surface area contributed by atoms with E-state index in [1.165, 1.54) is 23.9 Å². The Hall–Kier alpha value is -1.68. The van der Waals surface area contributed by atoms with Crippen molar-refractivity contribution in [2.75, 3.05) is 13.1 Å². The van der Waals surface area contributed by atoms with Gasteiger partial charge in [0.1, 0.15) is 0 Å². The lowest BCUT2D eigenvalue weighted by atomic mass is 10.2. The van der Waals surface area contributed by atoms with Crippen LogP contribution in [-0.4, -0.2) is 22.9 Å². The summed E-state index contributed by atoms with van der Waals surface area (Å²) in [6.45, 7) is 4.61. The van der Waals surface area contributed by atoms with Crippen molar-refractivity contribution in [2.24, 2.45) is 0 Å². The second-order valence-electron chi connectivity index (χ2n) is 4.72. The average Bonchev–Trinajstić information content (AvgIpc) is 2.45. The van der Waals surface area contributed by atoms with Crippen molar-refractivity contribution in [3.8, 4) is 0 Å². The quantitative estimate of drug-likeness (QED) is 0.775. The standard InChI is InChI=1S/C15H21N3O/c1-2-3-6-9-16-10-11-18-15(19)14-8-5-4-7-13(14)12-17-18/h4-5,7-8,12,16H,2-3,6,9-11H2,1H3. The highest BCUT2D eigenvalue weighted by molar-refractivity contribution is 5.80. The molecule has 0 atom stereocenters. The molecule has 0 bridgehead atoms. The molecule has 4 heteroatoms. The number of nitrogens with one attached hydrogen (secondary N) is 1. The first kappa shape index (κ1) is 13.7. The second kappa shape index (κ2) is 7.04. The summed E-state index contributed by atoms with van der Waals surface area (Å²) in [6, 6.07) is 7.57. The predicted molar refractivity (Wildman–Crippen MR) is 78.4 cm³/mol. The number of rotatable bonds is 7. The molecule has 1 heterocycles. The fraction of sp³-hybridized carbons (Fsp3) is 0.467. The van der Waals surface area contributed by atoms with Crippen LogP contribution in [0.2, 0.25) is 0 Å². The molecule has 0 aliphatic rings. The van der Waals surface area contributed by atoms with Crippen LogP contribution < -0.4 is 10.9 Å². The zero-order valence-electron chi connectivity index (χ0n) is 11.4. The average molecular weight is 259 g/mol. The fourth-order valence-corrected chi connectivity index (χ4v) is 2.10. The number of unbranched alkanes of at least 4 members (excludes halogenated alkanes) is 2. The van der Waals surface area contributed by atoms with E-state index < -0.39 is 0 Å². The fourth-order valence-electron chi connectivity index (χ4n) is 2.10. The van der Waals surface area contributed by atoms with E-state index in [1.54, 1.807) is 6.20 Å². The molecule has 0 radical (unpaired) electrons.